The van der Waals surface area contributed by atoms with Crippen LogP contribution in [0, 0.1) is 0 Å². The Labute approximate surface area is 138 Å². The van der Waals surface area contributed by atoms with Gasteiger partial charge in [-0.1, -0.05) is 30.3 Å². The second kappa shape index (κ2) is 7.37. The van der Waals surface area contributed by atoms with Crippen LogP contribution in [0.25, 0.3) is 0 Å². The molecule has 0 bridgehead atoms. The summed E-state index contributed by atoms with van der Waals surface area (Å²) in [6, 6.07) is 7.90. The minimum atomic E-state index is -3.79. The molecule has 138 valence electrons. The number of hydrogen-bond donors (Lipinski definition) is 9. The second-order valence-corrected chi connectivity index (χ2v) is 5.61. The quantitative estimate of drug-likeness (QED) is 0.213. The lowest BCUT2D eigenvalue weighted by Crippen LogP contribution is -2.77. The summed E-state index contributed by atoms with van der Waals surface area (Å²) in [6.45, 7) is 0.194. The third-order valence-electron chi connectivity index (χ3n) is 3.85. The van der Waals surface area contributed by atoms with Crippen molar-refractivity contribution in [1.82, 2.24) is 10.2 Å². The maximum atomic E-state index is 10.2. The Hall–Kier alpha value is -1.18. The molecule has 0 aliphatic heterocycles. The molecule has 0 fully saturated rings. The lowest BCUT2D eigenvalue weighted by molar-refractivity contribution is -0.480. The third kappa shape index (κ3) is 3.73. The summed E-state index contributed by atoms with van der Waals surface area (Å²) in [5, 5.41) is 81.3. The number of aliphatic hydroxyl groups excluding tert-OH is 2. The second-order valence-electron chi connectivity index (χ2n) is 5.61. The van der Waals surface area contributed by atoms with E-state index >= 15 is 0 Å². The van der Waals surface area contributed by atoms with E-state index in [1.165, 1.54) is 19.2 Å². The molecule has 2 unspecified atom stereocenters. The fourth-order valence-corrected chi connectivity index (χ4v) is 2.14. The molecular weight excluding hydrogens is 324 g/mol. The van der Waals surface area contributed by atoms with E-state index in [1.807, 2.05) is 0 Å². The molecule has 1 aromatic rings. The van der Waals surface area contributed by atoms with Gasteiger partial charge in [0.2, 0.25) is 6.41 Å². The largest absolute Gasteiger partial charge is 0.380 e. The van der Waals surface area contributed by atoms with Gasteiger partial charge in [-0.25, -0.2) is 0 Å². The van der Waals surface area contributed by atoms with Crippen LogP contribution >= 0.6 is 0 Å². The molecule has 0 aromatic heterocycles. The summed E-state index contributed by atoms with van der Waals surface area (Å²) < 4.78 is 0. The summed E-state index contributed by atoms with van der Waals surface area (Å²) in [5.41, 5.74) is -2.53. The van der Waals surface area contributed by atoms with Crippen LogP contribution in [0.4, 0.5) is 0 Å². The van der Waals surface area contributed by atoms with Crippen LogP contribution in [0.2, 0.25) is 0 Å². The number of nitrogens with one attached hydrogen (secondary N) is 1. The highest BCUT2D eigenvalue weighted by molar-refractivity contribution is 5.15. The van der Waals surface area contributed by atoms with Crippen molar-refractivity contribution in [2.24, 2.45) is 0 Å². The first kappa shape index (κ1) is 20.9. The Morgan fingerprint density at radius 1 is 1.00 bits per heavy atom. The summed E-state index contributed by atoms with van der Waals surface area (Å²) >= 11 is 0. The molecule has 0 spiro atoms. The normalized spacial score (nSPS) is 17.2. The van der Waals surface area contributed by atoms with Gasteiger partial charge in [0, 0.05) is 6.54 Å². The molecule has 10 nitrogen and oxygen atoms in total. The van der Waals surface area contributed by atoms with Crippen molar-refractivity contribution in [2.45, 2.75) is 43.4 Å². The average molecular weight is 348 g/mol. The number of aliphatic hydroxyl groups is 8. The van der Waals surface area contributed by atoms with Crippen molar-refractivity contribution in [3.63, 3.8) is 0 Å². The number of nitrogens with zero attached hydrogens (tertiary/aromatic N) is 1. The van der Waals surface area contributed by atoms with Crippen LogP contribution in [0.3, 0.4) is 0 Å². The molecule has 9 N–H and O–H groups in total. The third-order valence-corrected chi connectivity index (χ3v) is 3.85. The molecule has 10 heteroatoms. The van der Waals surface area contributed by atoms with Crippen LogP contribution in [-0.4, -0.2) is 82.7 Å². The predicted molar refractivity (Wildman–Crippen MR) is 80.2 cm³/mol. The Morgan fingerprint density at radius 2 is 1.50 bits per heavy atom. The van der Waals surface area contributed by atoms with Crippen LogP contribution in [0.1, 0.15) is 12.5 Å². The van der Waals surface area contributed by atoms with E-state index in [0.29, 0.717) is 5.56 Å². The maximum Gasteiger partial charge on any atom is 0.289 e. The molecule has 0 amide bonds. The average Bonchev–Trinajstić information content (AvgIpc) is 2.51. The van der Waals surface area contributed by atoms with Crippen LogP contribution in [0.15, 0.2) is 30.3 Å². The highest BCUT2D eigenvalue weighted by Crippen LogP contribution is 2.35. The maximum absolute atomic E-state index is 10.2. The van der Waals surface area contributed by atoms with Crippen LogP contribution in [-0.2, 0) is 6.54 Å². The summed E-state index contributed by atoms with van der Waals surface area (Å²) in [6.07, 6.45) is -4.51. The smallest absolute Gasteiger partial charge is 0.289 e. The van der Waals surface area contributed by atoms with Gasteiger partial charge in [-0.3, -0.25) is 5.32 Å². The molecule has 0 aliphatic rings. The van der Waals surface area contributed by atoms with Gasteiger partial charge in [0.15, 0.2) is 5.60 Å². The first-order chi connectivity index (χ1) is 10.9. The standard InChI is InChI=1S/C14H24N2O8/c1-12(20,10(17)15-2)13(21,22)14(23,24)16(11(18)19)8-9-6-4-3-5-7-9/h3-7,10-11,15,17-24H,8H2,1-2H3. The lowest BCUT2D eigenvalue weighted by Gasteiger charge is -2.49. The van der Waals surface area contributed by atoms with Crippen LogP contribution in [0.5, 0.6) is 0 Å². The molecule has 0 saturated heterocycles. The fourth-order valence-electron chi connectivity index (χ4n) is 2.14. The zero-order chi connectivity index (χ0) is 18.8. The van der Waals surface area contributed by atoms with Crippen molar-refractivity contribution >= 4 is 0 Å². The Balaban J connectivity index is 3.24. The molecule has 0 radical (unpaired) electrons. The first-order valence-electron chi connectivity index (χ1n) is 7.03. The number of likely N-dealkylation sites (N-methyl/N-ethyl adjacent to an activating group) is 1. The molecule has 0 heterocycles. The molecule has 1 rings (SSSR count). The Bertz CT molecular complexity index is 521. The summed E-state index contributed by atoms with van der Waals surface area (Å²) in [7, 11) is 1.17. The molecule has 2 atom stereocenters. The van der Waals surface area contributed by atoms with E-state index in [0.717, 1.165) is 6.92 Å². The summed E-state index contributed by atoms with van der Waals surface area (Å²) in [4.78, 5) is 0.110. The lowest BCUT2D eigenvalue weighted by atomic mass is 9.89. The molecule has 0 aliphatic carbocycles. The van der Waals surface area contributed by atoms with Gasteiger partial charge in [0.25, 0.3) is 11.7 Å². The van der Waals surface area contributed by atoms with Crippen molar-refractivity contribution in [2.75, 3.05) is 7.05 Å². The summed E-state index contributed by atoms with van der Waals surface area (Å²) in [5.74, 6) is -7.54. The number of rotatable bonds is 8. The van der Waals surface area contributed by atoms with E-state index in [1.54, 1.807) is 18.2 Å². The molecule has 24 heavy (non-hydrogen) atoms. The van der Waals surface area contributed by atoms with E-state index in [9.17, 15) is 40.9 Å². The Morgan fingerprint density at radius 3 is 1.92 bits per heavy atom. The van der Waals surface area contributed by atoms with Gasteiger partial charge in [-0.15, -0.1) is 0 Å². The number of hydrogen-bond acceptors (Lipinski definition) is 10. The van der Waals surface area contributed by atoms with Crippen molar-refractivity contribution in [3.8, 4) is 0 Å². The highest BCUT2D eigenvalue weighted by atomic mass is 16.6. The highest BCUT2D eigenvalue weighted by Gasteiger charge is 2.65. The zero-order valence-corrected chi connectivity index (χ0v) is 13.3. The van der Waals surface area contributed by atoms with Crippen molar-refractivity contribution in [1.29, 1.82) is 0 Å². The van der Waals surface area contributed by atoms with Crippen LogP contribution < -0.4 is 5.32 Å². The monoisotopic (exact) mass is 348 g/mol. The van der Waals surface area contributed by atoms with Crippen molar-refractivity contribution < 1.29 is 40.9 Å². The van der Waals surface area contributed by atoms with Gasteiger partial charge in [-0.05, 0) is 19.5 Å². The van der Waals surface area contributed by atoms with Gasteiger partial charge < -0.3 is 40.9 Å². The van der Waals surface area contributed by atoms with E-state index < -0.39 is 36.5 Å². The zero-order valence-electron chi connectivity index (χ0n) is 13.3. The topological polar surface area (TPSA) is 177 Å². The number of benzene rings is 1. The molecule has 1 aromatic carbocycles. The van der Waals surface area contributed by atoms with Crippen molar-refractivity contribution in [3.05, 3.63) is 35.9 Å². The SMILES string of the molecule is CNC(O)C(C)(O)C(O)(O)C(O)(O)N(Cc1ccccc1)C(O)O. The van der Waals surface area contributed by atoms with Gasteiger partial charge in [0.1, 0.15) is 6.23 Å². The predicted octanol–water partition coefficient (Wildman–Crippen LogP) is -3.64. The van der Waals surface area contributed by atoms with Gasteiger partial charge >= 0.3 is 0 Å². The van der Waals surface area contributed by atoms with Gasteiger partial charge in [-0.2, -0.15) is 4.90 Å². The van der Waals surface area contributed by atoms with E-state index in [-0.39, 0.29) is 4.90 Å². The molecule has 0 saturated carbocycles. The van der Waals surface area contributed by atoms with E-state index in [4.69, 9.17) is 0 Å². The van der Waals surface area contributed by atoms with Gasteiger partial charge in [0.05, 0.1) is 0 Å². The Kier molecular flexibility index (Phi) is 6.41. The fraction of sp³-hybridized carbons (Fsp3) is 0.571. The van der Waals surface area contributed by atoms with E-state index in [2.05, 4.69) is 5.32 Å². The minimum Gasteiger partial charge on any atom is -0.380 e. The first-order valence-corrected chi connectivity index (χ1v) is 7.03. The minimum absolute atomic E-state index is 0.110. The molecular formula is C14H24N2O8.